The molecule has 3 aromatic carbocycles. The van der Waals surface area contributed by atoms with Crippen molar-refractivity contribution in [2.75, 3.05) is 0 Å². The molecule has 1 N–H and O–H groups in total. The van der Waals surface area contributed by atoms with Gasteiger partial charge in [-0.2, -0.15) is 0 Å². The maximum Gasteiger partial charge on any atom is 0.224 e. The second kappa shape index (κ2) is 8.18. The Hall–Kier alpha value is -2.61. The van der Waals surface area contributed by atoms with E-state index in [2.05, 4.69) is 61.6 Å². The van der Waals surface area contributed by atoms with Gasteiger partial charge < -0.3 is 5.32 Å². The van der Waals surface area contributed by atoms with Crippen molar-refractivity contribution < 1.29 is 4.79 Å². The number of carbonyl (C=O) groups excluding carboxylic acids is 1. The Bertz CT molecular complexity index is 875. The van der Waals surface area contributed by atoms with Gasteiger partial charge in [0, 0.05) is 0 Å². The molecule has 0 fully saturated rings. The molecular formula is C24H27NO. The molecule has 1 atom stereocenters. The minimum Gasteiger partial charge on any atom is -0.349 e. The molecule has 0 saturated carbocycles. The van der Waals surface area contributed by atoms with Crippen LogP contribution in [-0.2, 0) is 17.6 Å². The fourth-order valence-corrected chi connectivity index (χ4v) is 3.41. The van der Waals surface area contributed by atoms with Crippen molar-refractivity contribution in [3.8, 4) is 0 Å². The summed E-state index contributed by atoms with van der Waals surface area (Å²) in [5.74, 6) is 0.707. The summed E-state index contributed by atoms with van der Waals surface area (Å²) in [5, 5.41) is 5.45. The van der Waals surface area contributed by atoms with Gasteiger partial charge in [0.25, 0.3) is 0 Å². The Kier molecular flexibility index (Phi) is 5.72. The molecule has 3 aromatic rings. The van der Waals surface area contributed by atoms with Gasteiger partial charge >= 0.3 is 0 Å². The Balaban J connectivity index is 1.65. The molecule has 3 rings (SSSR count). The number of nitrogens with one attached hydrogen (secondary N) is 1. The van der Waals surface area contributed by atoms with Crippen molar-refractivity contribution in [3.05, 3.63) is 83.4 Å². The summed E-state index contributed by atoms with van der Waals surface area (Å²) < 4.78 is 0. The lowest BCUT2D eigenvalue weighted by molar-refractivity contribution is -0.121. The third-order valence-corrected chi connectivity index (χ3v) is 4.73. The van der Waals surface area contributed by atoms with Crippen molar-refractivity contribution >= 4 is 16.7 Å². The lowest BCUT2D eigenvalue weighted by Crippen LogP contribution is -2.28. The van der Waals surface area contributed by atoms with E-state index in [1.807, 2.05) is 31.2 Å². The van der Waals surface area contributed by atoms with E-state index in [0.29, 0.717) is 12.3 Å². The van der Waals surface area contributed by atoms with Gasteiger partial charge in [0.05, 0.1) is 12.5 Å². The van der Waals surface area contributed by atoms with Crippen LogP contribution in [0, 0.1) is 5.92 Å². The molecule has 0 aliphatic rings. The maximum absolute atomic E-state index is 12.5. The minimum absolute atomic E-state index is 0.00516. The molecule has 134 valence electrons. The SMILES string of the molecule is CC(C)Cc1ccc([C@H](C)NC(=O)Cc2cccc3ccccc23)cc1. The van der Waals surface area contributed by atoms with Crippen LogP contribution in [0.2, 0.25) is 0 Å². The molecule has 26 heavy (non-hydrogen) atoms. The number of amides is 1. The van der Waals surface area contributed by atoms with Crippen molar-refractivity contribution in [3.63, 3.8) is 0 Å². The molecule has 0 radical (unpaired) electrons. The van der Waals surface area contributed by atoms with Crippen LogP contribution in [-0.4, -0.2) is 5.91 Å². The first-order valence-corrected chi connectivity index (χ1v) is 9.38. The predicted molar refractivity (Wildman–Crippen MR) is 109 cm³/mol. The summed E-state index contributed by atoms with van der Waals surface area (Å²) in [4.78, 5) is 12.5. The molecule has 0 aliphatic carbocycles. The normalized spacial score (nSPS) is 12.3. The van der Waals surface area contributed by atoms with Crippen LogP contribution in [0.25, 0.3) is 10.8 Å². The van der Waals surface area contributed by atoms with Crippen LogP contribution in [0.15, 0.2) is 66.7 Å². The first kappa shape index (κ1) is 18.2. The molecular weight excluding hydrogens is 318 g/mol. The van der Waals surface area contributed by atoms with E-state index in [9.17, 15) is 4.79 Å². The number of fused-ring (bicyclic) bond motifs is 1. The number of rotatable bonds is 6. The summed E-state index contributed by atoms with van der Waals surface area (Å²) in [5.41, 5.74) is 3.56. The highest BCUT2D eigenvalue weighted by atomic mass is 16.1. The van der Waals surface area contributed by atoms with Gasteiger partial charge in [-0.3, -0.25) is 4.79 Å². The van der Waals surface area contributed by atoms with Crippen LogP contribution in [0.4, 0.5) is 0 Å². The second-order valence-electron chi connectivity index (χ2n) is 7.44. The molecule has 0 heterocycles. The van der Waals surface area contributed by atoms with Crippen LogP contribution in [0.1, 0.15) is 43.5 Å². The van der Waals surface area contributed by atoms with Gasteiger partial charge in [-0.1, -0.05) is 80.6 Å². The lowest BCUT2D eigenvalue weighted by Gasteiger charge is -2.16. The molecule has 0 saturated heterocycles. The van der Waals surface area contributed by atoms with Crippen LogP contribution < -0.4 is 5.32 Å². The summed E-state index contributed by atoms with van der Waals surface area (Å²) in [7, 11) is 0. The van der Waals surface area contributed by atoms with Gasteiger partial charge in [-0.05, 0) is 46.7 Å². The monoisotopic (exact) mass is 345 g/mol. The molecule has 0 aromatic heterocycles. The van der Waals surface area contributed by atoms with E-state index in [1.165, 1.54) is 10.9 Å². The first-order valence-electron chi connectivity index (χ1n) is 9.38. The third-order valence-electron chi connectivity index (χ3n) is 4.73. The molecule has 0 aliphatic heterocycles. The van der Waals surface area contributed by atoms with Crippen LogP contribution in [0.5, 0.6) is 0 Å². The average molecular weight is 345 g/mol. The Morgan fingerprint density at radius 3 is 2.31 bits per heavy atom. The molecule has 0 bridgehead atoms. The minimum atomic E-state index is 0.00516. The topological polar surface area (TPSA) is 29.1 Å². The van der Waals surface area contributed by atoms with Gasteiger partial charge in [-0.15, -0.1) is 0 Å². The average Bonchev–Trinajstić information content (AvgIpc) is 2.62. The maximum atomic E-state index is 12.5. The summed E-state index contributed by atoms with van der Waals surface area (Å²) in [6, 6.07) is 22.9. The van der Waals surface area contributed by atoms with E-state index < -0.39 is 0 Å². The Morgan fingerprint density at radius 2 is 1.58 bits per heavy atom. The van der Waals surface area contributed by atoms with E-state index >= 15 is 0 Å². The fourth-order valence-electron chi connectivity index (χ4n) is 3.41. The smallest absolute Gasteiger partial charge is 0.224 e. The van der Waals surface area contributed by atoms with Gasteiger partial charge in [0.1, 0.15) is 0 Å². The summed E-state index contributed by atoms with van der Waals surface area (Å²) >= 11 is 0. The molecule has 0 unspecified atom stereocenters. The highest BCUT2D eigenvalue weighted by Crippen LogP contribution is 2.20. The quantitative estimate of drug-likeness (QED) is 0.631. The Labute approximate surface area is 156 Å². The largest absolute Gasteiger partial charge is 0.349 e. The van der Waals surface area contributed by atoms with Crippen LogP contribution in [0.3, 0.4) is 0 Å². The number of hydrogen-bond acceptors (Lipinski definition) is 1. The predicted octanol–water partition coefficient (Wildman–Crippen LogP) is 5.46. The lowest BCUT2D eigenvalue weighted by atomic mass is 9.99. The van der Waals surface area contributed by atoms with Crippen molar-refractivity contribution in [2.45, 2.75) is 39.7 Å². The zero-order valence-electron chi connectivity index (χ0n) is 15.8. The van der Waals surface area contributed by atoms with Crippen LogP contribution >= 0.6 is 0 Å². The van der Waals surface area contributed by atoms with Gasteiger partial charge in [0.15, 0.2) is 0 Å². The summed E-state index contributed by atoms with van der Waals surface area (Å²) in [6.07, 6.45) is 1.49. The Morgan fingerprint density at radius 1 is 0.885 bits per heavy atom. The molecule has 0 spiro atoms. The van der Waals surface area contributed by atoms with Gasteiger partial charge in [0.2, 0.25) is 5.91 Å². The van der Waals surface area contributed by atoms with Crippen molar-refractivity contribution in [1.82, 2.24) is 5.32 Å². The summed E-state index contributed by atoms with van der Waals surface area (Å²) in [6.45, 7) is 6.49. The molecule has 2 heteroatoms. The molecule has 1 amide bonds. The van der Waals surface area contributed by atoms with Crippen molar-refractivity contribution in [2.24, 2.45) is 5.92 Å². The standard InChI is InChI=1S/C24H27NO/c1-17(2)15-19-11-13-20(14-12-19)18(3)25-24(26)16-22-9-6-8-21-7-4-5-10-23(21)22/h4-14,17-18H,15-16H2,1-3H3,(H,25,26)/t18-/m0/s1. The fraction of sp³-hybridized carbons (Fsp3) is 0.292. The highest BCUT2D eigenvalue weighted by Gasteiger charge is 2.12. The van der Waals surface area contributed by atoms with E-state index in [-0.39, 0.29) is 11.9 Å². The van der Waals surface area contributed by atoms with E-state index in [4.69, 9.17) is 0 Å². The number of hydrogen-bond donors (Lipinski definition) is 1. The van der Waals surface area contributed by atoms with Crippen molar-refractivity contribution in [1.29, 1.82) is 0 Å². The highest BCUT2D eigenvalue weighted by molar-refractivity contribution is 5.90. The van der Waals surface area contributed by atoms with Gasteiger partial charge in [-0.25, -0.2) is 0 Å². The first-order chi connectivity index (χ1) is 12.5. The third kappa shape index (κ3) is 4.51. The number of carbonyl (C=O) groups is 1. The zero-order chi connectivity index (χ0) is 18.5. The zero-order valence-corrected chi connectivity index (χ0v) is 15.8. The molecule has 2 nitrogen and oxygen atoms in total. The second-order valence-corrected chi connectivity index (χ2v) is 7.44. The number of benzene rings is 3. The van der Waals surface area contributed by atoms with E-state index in [0.717, 1.165) is 22.9 Å². The van der Waals surface area contributed by atoms with E-state index in [1.54, 1.807) is 0 Å².